The van der Waals surface area contributed by atoms with Gasteiger partial charge in [0, 0.05) is 35.3 Å². The summed E-state index contributed by atoms with van der Waals surface area (Å²) >= 11 is 0. The van der Waals surface area contributed by atoms with E-state index in [2.05, 4.69) is 20.5 Å². The molecule has 30 heavy (non-hydrogen) atoms. The number of amides is 1. The van der Waals surface area contributed by atoms with Crippen LogP contribution in [0.25, 0.3) is 22.4 Å². The van der Waals surface area contributed by atoms with Gasteiger partial charge < -0.3 is 19.2 Å². The first-order valence-electron chi connectivity index (χ1n) is 9.31. The first kappa shape index (κ1) is 19.4. The second-order valence-electron chi connectivity index (χ2n) is 6.54. The highest BCUT2D eigenvalue weighted by Gasteiger charge is 2.14. The van der Waals surface area contributed by atoms with Gasteiger partial charge in [-0.3, -0.25) is 9.78 Å². The molecule has 2 heterocycles. The molecule has 0 aliphatic heterocycles. The van der Waals surface area contributed by atoms with Gasteiger partial charge in [0.05, 0.1) is 19.7 Å². The molecule has 2 aromatic carbocycles. The normalized spacial score (nSPS) is 10.7. The fraction of sp³-hybridized carbons (Fsp3) is 0.182. The molecular weight excluding hydrogens is 384 g/mol. The second-order valence-corrected chi connectivity index (χ2v) is 6.54. The predicted molar refractivity (Wildman–Crippen MR) is 110 cm³/mol. The average molecular weight is 404 g/mol. The topological polar surface area (TPSA) is 99.4 Å². The molecule has 0 bridgehead atoms. The van der Waals surface area contributed by atoms with Crippen LogP contribution >= 0.6 is 0 Å². The number of rotatable bonds is 7. The van der Waals surface area contributed by atoms with Crippen LogP contribution in [0.4, 0.5) is 0 Å². The van der Waals surface area contributed by atoms with Crippen LogP contribution in [0.15, 0.2) is 59.1 Å². The summed E-state index contributed by atoms with van der Waals surface area (Å²) in [5, 5.41) is 11.9. The molecular formula is C22H20N4O4. The molecule has 0 atom stereocenters. The molecule has 1 amide bonds. The zero-order valence-corrected chi connectivity index (χ0v) is 16.6. The molecule has 152 valence electrons. The number of hydrogen-bond acceptors (Lipinski definition) is 7. The summed E-state index contributed by atoms with van der Waals surface area (Å²) in [6.07, 6.45) is 1.73. The number of methoxy groups -OCH3 is 2. The van der Waals surface area contributed by atoms with E-state index in [9.17, 15) is 4.79 Å². The Kier molecular flexibility index (Phi) is 5.56. The van der Waals surface area contributed by atoms with Gasteiger partial charge in [0.25, 0.3) is 0 Å². The number of hydrogen-bond donors (Lipinski definition) is 1. The Morgan fingerprint density at radius 2 is 1.97 bits per heavy atom. The summed E-state index contributed by atoms with van der Waals surface area (Å²) in [5.41, 5.74) is 2.49. The van der Waals surface area contributed by atoms with E-state index in [1.54, 1.807) is 26.5 Å². The zero-order valence-electron chi connectivity index (χ0n) is 16.6. The minimum Gasteiger partial charge on any atom is -0.497 e. The summed E-state index contributed by atoms with van der Waals surface area (Å²) in [6.45, 7) is 0.310. The van der Waals surface area contributed by atoms with Crippen molar-refractivity contribution in [1.29, 1.82) is 0 Å². The van der Waals surface area contributed by atoms with Gasteiger partial charge in [0.2, 0.25) is 17.7 Å². The number of carbonyl (C=O) groups excluding carboxylic acids is 1. The maximum absolute atomic E-state index is 12.3. The fourth-order valence-corrected chi connectivity index (χ4v) is 3.04. The second kappa shape index (κ2) is 8.60. The highest BCUT2D eigenvalue weighted by molar-refractivity contribution is 5.83. The van der Waals surface area contributed by atoms with Crippen LogP contribution in [-0.2, 0) is 17.8 Å². The predicted octanol–water partition coefficient (Wildman–Crippen LogP) is 3.16. The van der Waals surface area contributed by atoms with Crippen molar-refractivity contribution in [2.75, 3.05) is 14.2 Å². The van der Waals surface area contributed by atoms with Crippen molar-refractivity contribution >= 4 is 16.8 Å². The maximum atomic E-state index is 12.3. The molecule has 2 aromatic heterocycles. The standard InChI is InChI=1S/C22H20N4O4/c1-28-17-7-5-16(19(11-17)29-2)13-24-20(27)12-21-25-26-22(30-21)15-6-8-18-14(10-15)4-3-9-23-18/h3-11H,12-13H2,1-2H3,(H,24,27). The molecule has 8 heteroatoms. The van der Waals surface area contributed by atoms with Crippen molar-refractivity contribution < 1.29 is 18.7 Å². The van der Waals surface area contributed by atoms with E-state index in [1.165, 1.54) is 0 Å². The van der Waals surface area contributed by atoms with Gasteiger partial charge in [-0.25, -0.2) is 0 Å². The highest BCUT2D eigenvalue weighted by atomic mass is 16.5. The molecule has 4 rings (SSSR count). The molecule has 0 aliphatic carbocycles. The smallest absolute Gasteiger partial charge is 0.247 e. The molecule has 4 aromatic rings. The summed E-state index contributed by atoms with van der Waals surface area (Å²) in [6, 6.07) is 14.9. The van der Waals surface area contributed by atoms with Crippen molar-refractivity contribution in [3.05, 3.63) is 66.2 Å². The number of aromatic nitrogens is 3. The van der Waals surface area contributed by atoms with Crippen LogP contribution in [0.3, 0.4) is 0 Å². The lowest BCUT2D eigenvalue weighted by molar-refractivity contribution is -0.120. The molecule has 0 aliphatic rings. The van der Waals surface area contributed by atoms with E-state index in [4.69, 9.17) is 13.9 Å². The third kappa shape index (κ3) is 4.22. The van der Waals surface area contributed by atoms with Gasteiger partial charge in [-0.2, -0.15) is 0 Å². The summed E-state index contributed by atoms with van der Waals surface area (Å²) in [4.78, 5) is 16.6. The Balaban J connectivity index is 1.40. The van der Waals surface area contributed by atoms with E-state index in [0.717, 1.165) is 22.0 Å². The molecule has 0 radical (unpaired) electrons. The molecule has 0 saturated carbocycles. The van der Waals surface area contributed by atoms with Crippen molar-refractivity contribution in [3.63, 3.8) is 0 Å². The number of carbonyl (C=O) groups is 1. The van der Waals surface area contributed by atoms with Crippen LogP contribution in [0, 0.1) is 0 Å². The lowest BCUT2D eigenvalue weighted by atomic mass is 10.1. The number of ether oxygens (including phenoxy) is 2. The number of nitrogens with one attached hydrogen (secondary N) is 1. The molecule has 0 saturated heterocycles. The minimum absolute atomic E-state index is 0.0133. The summed E-state index contributed by atoms with van der Waals surface area (Å²) in [7, 11) is 3.16. The lowest BCUT2D eigenvalue weighted by Gasteiger charge is -2.11. The lowest BCUT2D eigenvalue weighted by Crippen LogP contribution is -2.24. The molecule has 1 N–H and O–H groups in total. The Labute approximate surface area is 172 Å². The van der Waals surface area contributed by atoms with Crippen molar-refractivity contribution in [3.8, 4) is 23.0 Å². The Hall–Kier alpha value is -3.94. The summed E-state index contributed by atoms with van der Waals surface area (Å²) in [5.74, 6) is 1.70. The quantitative estimate of drug-likeness (QED) is 0.505. The molecule has 0 fully saturated rings. The number of pyridine rings is 1. The largest absolute Gasteiger partial charge is 0.497 e. The number of benzene rings is 2. The Morgan fingerprint density at radius 3 is 2.80 bits per heavy atom. The van der Waals surface area contributed by atoms with Gasteiger partial charge in [-0.1, -0.05) is 6.07 Å². The maximum Gasteiger partial charge on any atom is 0.247 e. The third-order valence-corrected chi connectivity index (χ3v) is 4.60. The minimum atomic E-state index is -0.231. The van der Waals surface area contributed by atoms with Gasteiger partial charge in [0.1, 0.15) is 17.9 Å². The van der Waals surface area contributed by atoms with Gasteiger partial charge in [-0.05, 0) is 36.4 Å². The van der Waals surface area contributed by atoms with Crippen LogP contribution in [0.2, 0.25) is 0 Å². The SMILES string of the molecule is COc1ccc(CNC(=O)Cc2nnc(-c3ccc4ncccc4c3)o2)c(OC)c1. The van der Waals surface area contributed by atoms with Crippen molar-refractivity contribution in [1.82, 2.24) is 20.5 Å². The third-order valence-electron chi connectivity index (χ3n) is 4.60. The van der Waals surface area contributed by atoms with E-state index in [0.29, 0.717) is 23.9 Å². The summed E-state index contributed by atoms with van der Waals surface area (Å²) < 4.78 is 16.2. The first-order chi connectivity index (χ1) is 14.7. The average Bonchev–Trinajstić information content (AvgIpc) is 3.25. The number of fused-ring (bicyclic) bond motifs is 1. The van der Waals surface area contributed by atoms with Gasteiger partial charge in [-0.15, -0.1) is 10.2 Å². The first-order valence-corrected chi connectivity index (χ1v) is 9.31. The molecule has 8 nitrogen and oxygen atoms in total. The van der Waals surface area contributed by atoms with E-state index >= 15 is 0 Å². The van der Waals surface area contributed by atoms with Gasteiger partial charge in [0.15, 0.2) is 0 Å². The fourth-order valence-electron chi connectivity index (χ4n) is 3.04. The van der Waals surface area contributed by atoms with E-state index in [1.807, 2.05) is 42.5 Å². The highest BCUT2D eigenvalue weighted by Crippen LogP contribution is 2.25. The van der Waals surface area contributed by atoms with E-state index < -0.39 is 0 Å². The van der Waals surface area contributed by atoms with Crippen LogP contribution in [0.5, 0.6) is 11.5 Å². The Bertz CT molecular complexity index is 1190. The monoisotopic (exact) mass is 404 g/mol. The van der Waals surface area contributed by atoms with Crippen LogP contribution in [0.1, 0.15) is 11.5 Å². The molecule has 0 unspecified atom stereocenters. The van der Waals surface area contributed by atoms with Crippen molar-refractivity contribution in [2.24, 2.45) is 0 Å². The van der Waals surface area contributed by atoms with E-state index in [-0.39, 0.29) is 18.2 Å². The van der Waals surface area contributed by atoms with Crippen LogP contribution < -0.4 is 14.8 Å². The number of nitrogens with zero attached hydrogens (tertiary/aromatic N) is 3. The zero-order chi connectivity index (χ0) is 20.9. The van der Waals surface area contributed by atoms with Crippen LogP contribution in [-0.4, -0.2) is 35.3 Å². The van der Waals surface area contributed by atoms with Gasteiger partial charge >= 0.3 is 0 Å². The van der Waals surface area contributed by atoms with Crippen molar-refractivity contribution in [2.45, 2.75) is 13.0 Å². The molecule has 0 spiro atoms. The Morgan fingerprint density at radius 1 is 1.07 bits per heavy atom.